The first-order valence-electron chi connectivity index (χ1n) is 8.38. The normalized spacial score (nSPS) is 10.1. The van der Waals surface area contributed by atoms with Gasteiger partial charge in [0.2, 0.25) is 11.6 Å². The molecular weight excluding hydrogens is 396 g/mol. The maximum absolute atomic E-state index is 12.2. The number of benzene rings is 1. The number of pyridine rings is 1. The van der Waals surface area contributed by atoms with Crippen LogP contribution in [0.15, 0.2) is 55.1 Å². The van der Waals surface area contributed by atoms with Crippen LogP contribution in [0.4, 0.5) is 23.0 Å². The van der Waals surface area contributed by atoms with Crippen molar-refractivity contribution in [1.29, 1.82) is 0 Å². The molecule has 30 heavy (non-hydrogen) atoms. The highest BCUT2D eigenvalue weighted by atomic mass is 16.6. The Morgan fingerprint density at radius 1 is 1.03 bits per heavy atom. The van der Waals surface area contributed by atoms with Crippen LogP contribution < -0.4 is 16.2 Å². The van der Waals surface area contributed by atoms with Gasteiger partial charge in [-0.05, 0) is 17.7 Å². The number of nitrogens with one attached hydrogen (secondary N) is 3. The number of carbonyl (C=O) groups excluding carboxylic acids is 1. The molecule has 3 N–H and O–H groups in total. The molecule has 3 rings (SSSR count). The Balaban J connectivity index is 1.75. The standard InChI is InChI=1S/C17H14N8O5/c26-17(12-4-1-5-13(7-12)24(27)28)23-22-16-14(25(29)30)15(20-10-21-16)19-9-11-3-2-6-18-8-11/h1-8,10H,9H2,(H,23,26)(H2,19,20,21,22). The number of aromatic nitrogens is 3. The number of hydrogen-bond acceptors (Lipinski definition) is 10. The lowest BCUT2D eigenvalue weighted by Gasteiger charge is -2.11. The minimum atomic E-state index is -0.739. The van der Waals surface area contributed by atoms with Gasteiger partial charge in [-0.25, -0.2) is 9.97 Å². The lowest BCUT2D eigenvalue weighted by molar-refractivity contribution is -0.384. The van der Waals surface area contributed by atoms with E-state index in [0.717, 1.165) is 18.0 Å². The van der Waals surface area contributed by atoms with Gasteiger partial charge in [0.15, 0.2) is 0 Å². The molecule has 0 spiro atoms. The molecule has 0 unspecified atom stereocenters. The molecule has 0 aliphatic carbocycles. The number of anilines is 2. The molecule has 0 radical (unpaired) electrons. The number of nitro groups is 2. The summed E-state index contributed by atoms with van der Waals surface area (Å²) in [6, 6.07) is 8.53. The van der Waals surface area contributed by atoms with Crippen LogP contribution in [-0.4, -0.2) is 30.7 Å². The smallest absolute Gasteiger partial charge is 0.354 e. The zero-order valence-corrected chi connectivity index (χ0v) is 15.2. The van der Waals surface area contributed by atoms with Crippen molar-refractivity contribution in [3.63, 3.8) is 0 Å². The van der Waals surface area contributed by atoms with Crippen LogP contribution in [0.2, 0.25) is 0 Å². The number of amides is 1. The second-order valence-electron chi connectivity index (χ2n) is 5.78. The summed E-state index contributed by atoms with van der Waals surface area (Å²) in [6.07, 6.45) is 4.28. The molecule has 13 nitrogen and oxygen atoms in total. The minimum Gasteiger partial charge on any atom is -0.360 e. The molecule has 0 saturated carbocycles. The Kier molecular flexibility index (Phi) is 6.02. The average Bonchev–Trinajstić information content (AvgIpc) is 2.76. The molecule has 0 aliphatic heterocycles. The van der Waals surface area contributed by atoms with Crippen LogP contribution >= 0.6 is 0 Å². The van der Waals surface area contributed by atoms with Crippen LogP contribution in [0.25, 0.3) is 0 Å². The van der Waals surface area contributed by atoms with Gasteiger partial charge in [0.05, 0.1) is 9.85 Å². The molecule has 2 aromatic heterocycles. The molecule has 0 saturated heterocycles. The number of nitrogens with zero attached hydrogens (tertiary/aromatic N) is 5. The fourth-order valence-electron chi connectivity index (χ4n) is 2.41. The summed E-state index contributed by atoms with van der Waals surface area (Å²) in [6.45, 7) is 0.227. The number of non-ortho nitro benzene ring substituents is 1. The summed E-state index contributed by atoms with van der Waals surface area (Å²) in [7, 11) is 0. The van der Waals surface area contributed by atoms with E-state index in [4.69, 9.17) is 0 Å². The van der Waals surface area contributed by atoms with E-state index in [0.29, 0.717) is 0 Å². The molecule has 1 amide bonds. The van der Waals surface area contributed by atoms with Gasteiger partial charge in [0.25, 0.3) is 11.6 Å². The van der Waals surface area contributed by atoms with E-state index < -0.39 is 21.4 Å². The van der Waals surface area contributed by atoms with Crippen LogP contribution in [0, 0.1) is 20.2 Å². The van der Waals surface area contributed by atoms with Crippen molar-refractivity contribution in [2.45, 2.75) is 6.54 Å². The first-order valence-corrected chi connectivity index (χ1v) is 8.38. The van der Waals surface area contributed by atoms with Crippen molar-refractivity contribution < 1.29 is 14.6 Å². The van der Waals surface area contributed by atoms with Gasteiger partial charge in [-0.2, -0.15) is 0 Å². The van der Waals surface area contributed by atoms with Gasteiger partial charge >= 0.3 is 5.69 Å². The highest BCUT2D eigenvalue weighted by Crippen LogP contribution is 2.28. The van der Waals surface area contributed by atoms with Crippen molar-refractivity contribution in [3.05, 3.63) is 86.5 Å². The lowest BCUT2D eigenvalue weighted by atomic mass is 10.2. The Morgan fingerprint density at radius 2 is 1.83 bits per heavy atom. The van der Waals surface area contributed by atoms with Gasteiger partial charge in [0, 0.05) is 36.6 Å². The fraction of sp³-hybridized carbons (Fsp3) is 0.0588. The summed E-state index contributed by atoms with van der Waals surface area (Å²) in [5, 5.41) is 25.2. The monoisotopic (exact) mass is 410 g/mol. The van der Waals surface area contributed by atoms with Crippen molar-refractivity contribution in [2.75, 3.05) is 10.7 Å². The third kappa shape index (κ3) is 4.78. The van der Waals surface area contributed by atoms with Crippen LogP contribution in [0.3, 0.4) is 0 Å². The molecule has 152 valence electrons. The molecular formula is C17H14N8O5. The van der Waals surface area contributed by atoms with E-state index in [1.807, 2.05) is 0 Å². The Hall–Kier alpha value is -4.68. The Bertz CT molecular complexity index is 1090. The second-order valence-corrected chi connectivity index (χ2v) is 5.78. The van der Waals surface area contributed by atoms with Crippen LogP contribution in [-0.2, 0) is 6.54 Å². The van der Waals surface area contributed by atoms with E-state index in [-0.39, 0.29) is 29.4 Å². The van der Waals surface area contributed by atoms with Crippen molar-refractivity contribution in [3.8, 4) is 0 Å². The summed E-state index contributed by atoms with van der Waals surface area (Å²) in [5.74, 6) is -1.06. The summed E-state index contributed by atoms with van der Waals surface area (Å²) < 4.78 is 0. The highest BCUT2D eigenvalue weighted by molar-refractivity contribution is 5.95. The van der Waals surface area contributed by atoms with E-state index in [1.165, 1.54) is 18.2 Å². The molecule has 0 atom stereocenters. The molecule has 1 aromatic carbocycles. The third-order valence-electron chi connectivity index (χ3n) is 3.80. The van der Waals surface area contributed by atoms with Crippen LogP contribution in [0.5, 0.6) is 0 Å². The quantitative estimate of drug-likeness (QED) is 0.367. The van der Waals surface area contributed by atoms with Gasteiger partial charge in [0.1, 0.15) is 6.33 Å². The van der Waals surface area contributed by atoms with Crippen molar-refractivity contribution in [1.82, 2.24) is 20.4 Å². The minimum absolute atomic E-state index is 0.0108. The summed E-state index contributed by atoms with van der Waals surface area (Å²) >= 11 is 0. The van der Waals surface area contributed by atoms with E-state index in [2.05, 4.69) is 31.1 Å². The molecule has 0 aliphatic rings. The number of rotatable bonds is 8. The van der Waals surface area contributed by atoms with Gasteiger partial charge < -0.3 is 5.32 Å². The second kappa shape index (κ2) is 9.01. The molecule has 0 bridgehead atoms. The average molecular weight is 410 g/mol. The molecule has 2 heterocycles. The number of hydrogen-bond donors (Lipinski definition) is 3. The number of hydrazine groups is 1. The maximum Gasteiger partial charge on any atom is 0.354 e. The fourth-order valence-corrected chi connectivity index (χ4v) is 2.41. The Morgan fingerprint density at radius 3 is 2.53 bits per heavy atom. The third-order valence-corrected chi connectivity index (χ3v) is 3.80. The zero-order chi connectivity index (χ0) is 21.5. The maximum atomic E-state index is 12.2. The van der Waals surface area contributed by atoms with Gasteiger partial charge in [-0.3, -0.25) is 40.9 Å². The van der Waals surface area contributed by atoms with E-state index >= 15 is 0 Å². The first kappa shape index (κ1) is 20.1. The summed E-state index contributed by atoms with van der Waals surface area (Å²) in [5.41, 5.74) is 4.61. The van der Waals surface area contributed by atoms with Gasteiger partial charge in [-0.1, -0.05) is 12.1 Å². The van der Waals surface area contributed by atoms with E-state index in [9.17, 15) is 25.0 Å². The molecule has 13 heteroatoms. The SMILES string of the molecule is O=C(NNc1ncnc(NCc2cccnc2)c1[N+](=O)[O-])c1cccc([N+](=O)[O-])c1. The zero-order valence-electron chi connectivity index (χ0n) is 15.2. The van der Waals surface area contributed by atoms with Gasteiger partial charge in [-0.15, -0.1) is 0 Å². The van der Waals surface area contributed by atoms with E-state index in [1.54, 1.807) is 24.5 Å². The lowest BCUT2D eigenvalue weighted by Crippen LogP contribution is -2.30. The van der Waals surface area contributed by atoms with Crippen molar-refractivity contribution in [2.24, 2.45) is 0 Å². The number of nitro benzene ring substituents is 1. The van der Waals surface area contributed by atoms with Crippen molar-refractivity contribution >= 4 is 28.9 Å². The summed E-state index contributed by atoms with van der Waals surface area (Å²) in [4.78, 5) is 44.9. The molecule has 3 aromatic rings. The predicted molar refractivity (Wildman–Crippen MR) is 104 cm³/mol. The number of carbonyl (C=O) groups is 1. The Labute approximate surface area is 168 Å². The predicted octanol–water partition coefficient (Wildman–Crippen LogP) is 2.06. The largest absolute Gasteiger partial charge is 0.360 e. The highest BCUT2D eigenvalue weighted by Gasteiger charge is 2.23. The first-order chi connectivity index (χ1) is 14.5. The topological polar surface area (TPSA) is 178 Å². The van der Waals surface area contributed by atoms with Crippen LogP contribution in [0.1, 0.15) is 15.9 Å². The molecule has 0 fully saturated rings.